The molecule has 2 nitrogen and oxygen atoms in total. The molecule has 0 aromatic heterocycles. The van der Waals surface area contributed by atoms with E-state index in [9.17, 15) is 0 Å². The highest BCUT2D eigenvalue weighted by Gasteiger charge is 2.27. The first-order chi connectivity index (χ1) is 6.69. The molecule has 14 heavy (non-hydrogen) atoms. The maximum Gasteiger partial charge on any atom is 0.0221 e. The smallest absolute Gasteiger partial charge is 0.0221 e. The second kappa shape index (κ2) is 5.72. The SMILES string of the molecule is CCCC1CNC(C(C)C)CN1CC. The fraction of sp³-hybridized carbons (Fsp3) is 1.00. The van der Waals surface area contributed by atoms with Crippen LogP contribution in [-0.2, 0) is 0 Å². The summed E-state index contributed by atoms with van der Waals surface area (Å²) in [5.41, 5.74) is 0. The maximum atomic E-state index is 3.68. The molecule has 1 heterocycles. The van der Waals surface area contributed by atoms with Crippen molar-refractivity contribution in [2.45, 2.75) is 52.6 Å². The van der Waals surface area contributed by atoms with Crippen molar-refractivity contribution in [1.29, 1.82) is 0 Å². The van der Waals surface area contributed by atoms with Crippen LogP contribution in [0.15, 0.2) is 0 Å². The third-order valence-electron chi connectivity index (χ3n) is 3.40. The molecule has 0 amide bonds. The normalized spacial score (nSPS) is 29.8. The summed E-state index contributed by atoms with van der Waals surface area (Å²) >= 11 is 0. The first-order valence-electron chi connectivity index (χ1n) is 6.16. The predicted octanol–water partition coefficient (Wildman–Crippen LogP) is 2.10. The second-order valence-electron chi connectivity index (χ2n) is 4.79. The average molecular weight is 198 g/mol. The van der Waals surface area contributed by atoms with Crippen molar-refractivity contribution in [3.05, 3.63) is 0 Å². The van der Waals surface area contributed by atoms with Crippen molar-refractivity contribution < 1.29 is 0 Å². The summed E-state index contributed by atoms with van der Waals surface area (Å²) in [5.74, 6) is 0.756. The summed E-state index contributed by atoms with van der Waals surface area (Å²) < 4.78 is 0. The molecule has 0 radical (unpaired) electrons. The number of nitrogens with zero attached hydrogens (tertiary/aromatic N) is 1. The summed E-state index contributed by atoms with van der Waals surface area (Å²) in [7, 11) is 0. The Morgan fingerprint density at radius 1 is 1.36 bits per heavy atom. The Hall–Kier alpha value is -0.0800. The first kappa shape index (κ1) is 12.0. The zero-order valence-corrected chi connectivity index (χ0v) is 10.2. The van der Waals surface area contributed by atoms with Crippen LogP contribution >= 0.6 is 0 Å². The minimum atomic E-state index is 0.697. The van der Waals surface area contributed by atoms with Crippen LogP contribution in [0.5, 0.6) is 0 Å². The quantitative estimate of drug-likeness (QED) is 0.744. The van der Waals surface area contributed by atoms with Crippen LogP contribution in [0.2, 0.25) is 0 Å². The van der Waals surface area contributed by atoms with E-state index in [1.54, 1.807) is 0 Å². The van der Waals surface area contributed by atoms with Crippen molar-refractivity contribution in [3.63, 3.8) is 0 Å². The third-order valence-corrected chi connectivity index (χ3v) is 3.40. The van der Waals surface area contributed by atoms with E-state index in [2.05, 4.69) is 37.9 Å². The molecular weight excluding hydrogens is 172 g/mol. The van der Waals surface area contributed by atoms with Gasteiger partial charge in [-0.3, -0.25) is 4.90 Å². The van der Waals surface area contributed by atoms with Crippen LogP contribution < -0.4 is 5.32 Å². The Morgan fingerprint density at radius 3 is 2.57 bits per heavy atom. The van der Waals surface area contributed by atoms with Gasteiger partial charge >= 0.3 is 0 Å². The van der Waals surface area contributed by atoms with E-state index >= 15 is 0 Å². The summed E-state index contributed by atoms with van der Waals surface area (Å²) in [6.45, 7) is 12.8. The molecule has 1 rings (SSSR count). The fourth-order valence-electron chi connectivity index (χ4n) is 2.33. The molecule has 0 aliphatic carbocycles. The second-order valence-corrected chi connectivity index (χ2v) is 4.79. The van der Waals surface area contributed by atoms with Crippen LogP contribution in [0.4, 0.5) is 0 Å². The van der Waals surface area contributed by atoms with Crippen molar-refractivity contribution in [3.8, 4) is 0 Å². The molecule has 2 heteroatoms. The van der Waals surface area contributed by atoms with E-state index in [0.29, 0.717) is 6.04 Å². The highest BCUT2D eigenvalue weighted by molar-refractivity contribution is 4.86. The largest absolute Gasteiger partial charge is 0.311 e. The van der Waals surface area contributed by atoms with E-state index in [0.717, 1.165) is 12.0 Å². The topological polar surface area (TPSA) is 15.3 Å². The number of likely N-dealkylation sites (N-methyl/N-ethyl adjacent to an activating group) is 1. The highest BCUT2D eigenvalue weighted by Crippen LogP contribution is 2.15. The van der Waals surface area contributed by atoms with Gasteiger partial charge in [0.1, 0.15) is 0 Å². The van der Waals surface area contributed by atoms with Gasteiger partial charge in [0.2, 0.25) is 0 Å². The van der Waals surface area contributed by atoms with Crippen molar-refractivity contribution in [1.82, 2.24) is 10.2 Å². The standard InChI is InChI=1S/C12H26N2/c1-5-7-11-8-13-12(10(3)4)9-14(11)6-2/h10-13H,5-9H2,1-4H3. The molecule has 0 bridgehead atoms. The highest BCUT2D eigenvalue weighted by atomic mass is 15.2. The lowest BCUT2D eigenvalue weighted by Crippen LogP contribution is -2.57. The summed E-state index contributed by atoms with van der Waals surface area (Å²) in [4.78, 5) is 2.64. The van der Waals surface area contributed by atoms with E-state index in [1.807, 2.05) is 0 Å². The maximum absolute atomic E-state index is 3.68. The lowest BCUT2D eigenvalue weighted by atomic mass is 9.98. The van der Waals surface area contributed by atoms with Crippen LogP contribution in [0.25, 0.3) is 0 Å². The van der Waals surface area contributed by atoms with Crippen LogP contribution in [-0.4, -0.2) is 36.6 Å². The minimum absolute atomic E-state index is 0.697. The van der Waals surface area contributed by atoms with Crippen LogP contribution in [0, 0.1) is 5.92 Å². The Kier molecular flexibility index (Phi) is 4.90. The monoisotopic (exact) mass is 198 g/mol. The van der Waals surface area contributed by atoms with Crippen molar-refractivity contribution >= 4 is 0 Å². The zero-order valence-electron chi connectivity index (χ0n) is 10.2. The molecule has 0 aromatic rings. The van der Waals surface area contributed by atoms with E-state index in [4.69, 9.17) is 0 Å². The third kappa shape index (κ3) is 2.96. The molecule has 84 valence electrons. The Bertz CT molecular complexity index is 156. The summed E-state index contributed by atoms with van der Waals surface area (Å²) in [5, 5.41) is 3.68. The van der Waals surface area contributed by atoms with Crippen LogP contribution in [0.3, 0.4) is 0 Å². The number of hydrogen-bond donors (Lipinski definition) is 1. The fourth-order valence-corrected chi connectivity index (χ4v) is 2.33. The van der Waals surface area contributed by atoms with Gasteiger partial charge < -0.3 is 5.32 Å². The summed E-state index contributed by atoms with van der Waals surface area (Å²) in [6.07, 6.45) is 2.64. The Morgan fingerprint density at radius 2 is 2.07 bits per heavy atom. The molecule has 1 aliphatic rings. The molecule has 2 atom stereocenters. The summed E-state index contributed by atoms with van der Waals surface area (Å²) in [6, 6.07) is 1.48. The molecular formula is C12H26N2. The first-order valence-corrected chi connectivity index (χ1v) is 6.16. The van der Waals surface area contributed by atoms with Gasteiger partial charge in [-0.1, -0.05) is 34.1 Å². The lowest BCUT2D eigenvalue weighted by Gasteiger charge is -2.41. The number of rotatable bonds is 4. The van der Waals surface area contributed by atoms with Crippen LogP contribution in [0.1, 0.15) is 40.5 Å². The minimum Gasteiger partial charge on any atom is -0.311 e. The Labute approximate surface area is 89.1 Å². The number of piperazine rings is 1. The van der Waals surface area contributed by atoms with Crippen molar-refractivity contribution in [2.24, 2.45) is 5.92 Å². The molecule has 0 aromatic carbocycles. The Balaban J connectivity index is 2.46. The van der Waals surface area contributed by atoms with Gasteiger partial charge in [-0.15, -0.1) is 0 Å². The van der Waals surface area contributed by atoms with Gasteiger partial charge in [-0.05, 0) is 18.9 Å². The van der Waals surface area contributed by atoms with Gasteiger partial charge in [-0.25, -0.2) is 0 Å². The van der Waals surface area contributed by atoms with Gasteiger partial charge in [0.25, 0.3) is 0 Å². The van der Waals surface area contributed by atoms with Gasteiger partial charge in [0, 0.05) is 25.2 Å². The zero-order chi connectivity index (χ0) is 10.6. The van der Waals surface area contributed by atoms with E-state index < -0.39 is 0 Å². The molecule has 0 spiro atoms. The van der Waals surface area contributed by atoms with E-state index in [-0.39, 0.29) is 0 Å². The average Bonchev–Trinajstić information content (AvgIpc) is 2.18. The molecule has 1 fully saturated rings. The number of nitrogens with one attached hydrogen (secondary N) is 1. The number of hydrogen-bond acceptors (Lipinski definition) is 2. The van der Waals surface area contributed by atoms with Gasteiger partial charge in [0.05, 0.1) is 0 Å². The molecule has 0 saturated carbocycles. The lowest BCUT2D eigenvalue weighted by molar-refractivity contribution is 0.113. The molecule has 1 saturated heterocycles. The van der Waals surface area contributed by atoms with Crippen molar-refractivity contribution in [2.75, 3.05) is 19.6 Å². The van der Waals surface area contributed by atoms with Gasteiger partial charge in [0.15, 0.2) is 0 Å². The molecule has 1 N–H and O–H groups in total. The molecule has 2 unspecified atom stereocenters. The predicted molar refractivity (Wildman–Crippen MR) is 62.6 cm³/mol. The van der Waals surface area contributed by atoms with Gasteiger partial charge in [-0.2, -0.15) is 0 Å². The molecule has 1 aliphatic heterocycles. The van der Waals surface area contributed by atoms with E-state index in [1.165, 1.54) is 32.5 Å².